The summed E-state index contributed by atoms with van der Waals surface area (Å²) in [5.41, 5.74) is 0. The Morgan fingerprint density at radius 1 is 0.583 bits per heavy atom. The maximum absolute atomic E-state index is 2.76. The van der Waals surface area contributed by atoms with E-state index < -0.39 is 0 Å². The monoisotopic (exact) mass is 335 g/mol. The van der Waals surface area contributed by atoms with Crippen molar-refractivity contribution in [2.24, 2.45) is 11.8 Å². The van der Waals surface area contributed by atoms with Gasteiger partial charge < -0.3 is 14.7 Å². The number of hydrogen-bond donors (Lipinski definition) is 0. The van der Waals surface area contributed by atoms with Gasteiger partial charge in [-0.1, -0.05) is 12.8 Å². The van der Waals surface area contributed by atoms with Gasteiger partial charge in [-0.3, -0.25) is 0 Å². The lowest BCUT2D eigenvalue weighted by Crippen LogP contribution is -2.40. The molecule has 0 atom stereocenters. The van der Waals surface area contributed by atoms with Gasteiger partial charge in [0.2, 0.25) is 0 Å². The Bertz CT molecular complexity index is 324. The summed E-state index contributed by atoms with van der Waals surface area (Å²) in [4.78, 5) is 7.96. The standard InChI is InChI=1S/C21H41N3/c1-22-16-8-20(9-17-22)21-10-18-24(19-11-21)15-7-3-6-14-23-12-4-2-5-13-23/h20-21H,2-19H2,1H3. The van der Waals surface area contributed by atoms with Crippen LogP contribution in [0.4, 0.5) is 0 Å². The number of piperidine rings is 3. The fourth-order valence-electron chi connectivity index (χ4n) is 5.18. The molecular weight excluding hydrogens is 294 g/mol. The summed E-state index contributed by atoms with van der Waals surface area (Å²) in [5.74, 6) is 2.07. The third-order valence-corrected chi connectivity index (χ3v) is 6.96. The fourth-order valence-corrected chi connectivity index (χ4v) is 5.18. The summed E-state index contributed by atoms with van der Waals surface area (Å²) in [7, 11) is 2.28. The van der Waals surface area contributed by atoms with Gasteiger partial charge in [-0.15, -0.1) is 0 Å². The van der Waals surface area contributed by atoms with Crippen LogP contribution in [-0.2, 0) is 0 Å². The smallest absolute Gasteiger partial charge is 0.00160 e. The number of unbranched alkanes of at least 4 members (excludes halogenated alkanes) is 2. The zero-order valence-electron chi connectivity index (χ0n) is 16.2. The van der Waals surface area contributed by atoms with Crippen LogP contribution in [0, 0.1) is 11.8 Å². The number of nitrogens with zero attached hydrogens (tertiary/aromatic N) is 3. The first-order valence-corrected chi connectivity index (χ1v) is 10.9. The van der Waals surface area contributed by atoms with E-state index in [4.69, 9.17) is 0 Å². The van der Waals surface area contributed by atoms with Gasteiger partial charge in [0, 0.05) is 0 Å². The second kappa shape index (κ2) is 10.1. The van der Waals surface area contributed by atoms with E-state index in [1.165, 1.54) is 117 Å². The molecule has 0 N–H and O–H groups in total. The maximum Gasteiger partial charge on any atom is -0.00160 e. The average Bonchev–Trinajstić information content (AvgIpc) is 2.64. The van der Waals surface area contributed by atoms with E-state index in [-0.39, 0.29) is 0 Å². The molecular formula is C21H41N3. The van der Waals surface area contributed by atoms with E-state index in [0.29, 0.717) is 0 Å². The summed E-state index contributed by atoms with van der Waals surface area (Å²) in [6, 6.07) is 0. The molecule has 3 aliphatic heterocycles. The third-order valence-electron chi connectivity index (χ3n) is 6.96. The van der Waals surface area contributed by atoms with Gasteiger partial charge in [0.15, 0.2) is 0 Å². The minimum absolute atomic E-state index is 1.04. The molecule has 0 aromatic carbocycles. The molecule has 0 bridgehead atoms. The molecule has 3 fully saturated rings. The van der Waals surface area contributed by atoms with Gasteiger partial charge in [-0.25, -0.2) is 0 Å². The van der Waals surface area contributed by atoms with Gasteiger partial charge >= 0.3 is 0 Å². The van der Waals surface area contributed by atoms with Crippen molar-refractivity contribution in [1.29, 1.82) is 0 Å². The van der Waals surface area contributed by atoms with Crippen LogP contribution in [0.5, 0.6) is 0 Å². The molecule has 0 spiro atoms. The SMILES string of the molecule is CN1CCC(C2CCN(CCCCCN3CCCCC3)CC2)CC1. The number of likely N-dealkylation sites (tertiary alicyclic amines) is 3. The van der Waals surface area contributed by atoms with Crippen molar-refractivity contribution < 1.29 is 0 Å². The molecule has 3 aliphatic rings. The van der Waals surface area contributed by atoms with Crippen molar-refractivity contribution >= 4 is 0 Å². The normalized spacial score (nSPS) is 26.9. The fraction of sp³-hybridized carbons (Fsp3) is 1.00. The van der Waals surface area contributed by atoms with Gasteiger partial charge in [-0.05, 0) is 123 Å². The van der Waals surface area contributed by atoms with Gasteiger partial charge in [0.1, 0.15) is 0 Å². The van der Waals surface area contributed by atoms with Crippen LogP contribution in [0.2, 0.25) is 0 Å². The molecule has 0 aromatic heterocycles. The first kappa shape index (κ1) is 18.7. The second-order valence-corrected chi connectivity index (χ2v) is 8.78. The van der Waals surface area contributed by atoms with E-state index in [2.05, 4.69) is 21.7 Å². The predicted octanol–water partition coefficient (Wildman–Crippen LogP) is 3.70. The van der Waals surface area contributed by atoms with Crippen LogP contribution in [0.25, 0.3) is 0 Å². The molecule has 0 aromatic rings. The highest BCUT2D eigenvalue weighted by Gasteiger charge is 2.28. The minimum Gasteiger partial charge on any atom is -0.306 e. The van der Waals surface area contributed by atoms with Crippen LogP contribution in [0.15, 0.2) is 0 Å². The topological polar surface area (TPSA) is 9.72 Å². The largest absolute Gasteiger partial charge is 0.306 e. The van der Waals surface area contributed by atoms with Crippen LogP contribution in [0.3, 0.4) is 0 Å². The Morgan fingerprint density at radius 2 is 1.08 bits per heavy atom. The van der Waals surface area contributed by atoms with Gasteiger partial charge in [0.25, 0.3) is 0 Å². The second-order valence-electron chi connectivity index (χ2n) is 8.78. The molecule has 0 unspecified atom stereocenters. The minimum atomic E-state index is 1.04. The zero-order chi connectivity index (χ0) is 16.6. The van der Waals surface area contributed by atoms with Crippen molar-refractivity contribution in [3.63, 3.8) is 0 Å². The van der Waals surface area contributed by atoms with Crippen LogP contribution in [-0.4, -0.2) is 74.1 Å². The van der Waals surface area contributed by atoms with Crippen LogP contribution < -0.4 is 0 Å². The molecule has 3 nitrogen and oxygen atoms in total. The molecule has 140 valence electrons. The van der Waals surface area contributed by atoms with E-state index in [9.17, 15) is 0 Å². The van der Waals surface area contributed by atoms with Crippen LogP contribution in [0.1, 0.15) is 64.2 Å². The highest BCUT2D eigenvalue weighted by atomic mass is 15.1. The van der Waals surface area contributed by atoms with Crippen molar-refractivity contribution in [1.82, 2.24) is 14.7 Å². The van der Waals surface area contributed by atoms with Crippen molar-refractivity contribution in [2.45, 2.75) is 64.2 Å². The highest BCUT2D eigenvalue weighted by molar-refractivity contribution is 4.81. The lowest BCUT2D eigenvalue weighted by Gasteiger charge is -2.39. The number of rotatable bonds is 7. The first-order chi connectivity index (χ1) is 11.8. The molecule has 3 rings (SSSR count). The molecule has 24 heavy (non-hydrogen) atoms. The van der Waals surface area contributed by atoms with Crippen molar-refractivity contribution in [3.05, 3.63) is 0 Å². The summed E-state index contributed by atoms with van der Waals surface area (Å²) in [5, 5.41) is 0. The Kier molecular flexibility index (Phi) is 7.88. The Labute approximate surface area is 150 Å². The van der Waals surface area contributed by atoms with Gasteiger partial charge in [-0.2, -0.15) is 0 Å². The summed E-state index contributed by atoms with van der Waals surface area (Å²) in [6.07, 6.45) is 14.5. The van der Waals surface area contributed by atoms with E-state index >= 15 is 0 Å². The molecule has 0 saturated carbocycles. The van der Waals surface area contributed by atoms with Crippen molar-refractivity contribution in [3.8, 4) is 0 Å². The summed E-state index contributed by atoms with van der Waals surface area (Å²) in [6.45, 7) is 10.9. The Balaban J connectivity index is 1.21. The molecule has 0 radical (unpaired) electrons. The van der Waals surface area contributed by atoms with E-state index in [1.54, 1.807) is 0 Å². The molecule has 3 saturated heterocycles. The quantitative estimate of drug-likeness (QED) is 0.657. The molecule has 0 aliphatic carbocycles. The lowest BCUT2D eigenvalue weighted by molar-refractivity contribution is 0.104. The maximum atomic E-state index is 2.76. The summed E-state index contributed by atoms with van der Waals surface area (Å²) < 4.78 is 0. The molecule has 3 heterocycles. The summed E-state index contributed by atoms with van der Waals surface area (Å²) >= 11 is 0. The highest BCUT2D eigenvalue weighted by Crippen LogP contribution is 2.32. The predicted molar refractivity (Wildman–Crippen MR) is 104 cm³/mol. The lowest BCUT2D eigenvalue weighted by atomic mass is 9.79. The Hall–Kier alpha value is -0.120. The van der Waals surface area contributed by atoms with Gasteiger partial charge in [0.05, 0.1) is 0 Å². The zero-order valence-corrected chi connectivity index (χ0v) is 16.2. The first-order valence-electron chi connectivity index (χ1n) is 10.9. The third kappa shape index (κ3) is 6.00. The Morgan fingerprint density at radius 3 is 1.67 bits per heavy atom. The number of hydrogen-bond acceptors (Lipinski definition) is 3. The average molecular weight is 336 g/mol. The van der Waals surface area contributed by atoms with Crippen LogP contribution >= 0.6 is 0 Å². The van der Waals surface area contributed by atoms with E-state index in [1.807, 2.05) is 0 Å². The van der Waals surface area contributed by atoms with E-state index in [0.717, 1.165) is 11.8 Å². The van der Waals surface area contributed by atoms with Crippen molar-refractivity contribution in [2.75, 3.05) is 59.4 Å². The molecule has 0 amide bonds. The molecule has 3 heteroatoms.